The van der Waals surface area contributed by atoms with Crippen molar-refractivity contribution >= 4 is 6.03 Å². The van der Waals surface area contributed by atoms with Gasteiger partial charge in [-0.15, -0.1) is 0 Å². The van der Waals surface area contributed by atoms with Crippen LogP contribution in [0.3, 0.4) is 0 Å². The number of morpholine rings is 1. The molecule has 1 aromatic rings. The van der Waals surface area contributed by atoms with Crippen LogP contribution in [0.5, 0.6) is 0 Å². The Labute approximate surface area is 111 Å². The summed E-state index contributed by atoms with van der Waals surface area (Å²) in [5.74, 6) is -0.263. The van der Waals surface area contributed by atoms with E-state index in [0.717, 1.165) is 18.4 Å². The highest BCUT2D eigenvalue weighted by Gasteiger charge is 2.40. The molecular weight excluding hydrogens is 247 g/mol. The first-order valence-corrected chi connectivity index (χ1v) is 6.62. The van der Waals surface area contributed by atoms with E-state index in [2.05, 4.69) is 5.32 Å². The molecule has 2 aliphatic rings. The van der Waals surface area contributed by atoms with Gasteiger partial charge in [0.2, 0.25) is 0 Å². The zero-order valence-corrected chi connectivity index (χ0v) is 10.6. The first kappa shape index (κ1) is 12.4. The molecule has 19 heavy (non-hydrogen) atoms. The molecule has 0 unspecified atom stereocenters. The number of carbonyl (C=O) groups is 1. The summed E-state index contributed by atoms with van der Waals surface area (Å²) in [6.45, 7) is 1.71. The van der Waals surface area contributed by atoms with Crippen molar-refractivity contribution in [1.82, 2.24) is 10.2 Å². The van der Waals surface area contributed by atoms with Crippen LogP contribution in [0.25, 0.3) is 0 Å². The fourth-order valence-electron chi connectivity index (χ4n) is 2.83. The minimum absolute atomic E-state index is 0.0416. The molecule has 102 valence electrons. The second-order valence-electron chi connectivity index (χ2n) is 5.11. The van der Waals surface area contributed by atoms with Crippen molar-refractivity contribution in [1.29, 1.82) is 0 Å². The van der Waals surface area contributed by atoms with E-state index >= 15 is 0 Å². The van der Waals surface area contributed by atoms with Crippen molar-refractivity contribution in [3.8, 4) is 0 Å². The van der Waals surface area contributed by atoms with Crippen LogP contribution in [-0.2, 0) is 11.3 Å². The number of urea groups is 1. The molecule has 2 fully saturated rings. The predicted molar refractivity (Wildman–Crippen MR) is 68.1 cm³/mol. The molecule has 2 heterocycles. The third-order valence-electron chi connectivity index (χ3n) is 3.83. The average molecular weight is 264 g/mol. The number of rotatable bonds is 2. The van der Waals surface area contributed by atoms with E-state index in [1.165, 1.54) is 12.1 Å². The van der Waals surface area contributed by atoms with Crippen LogP contribution in [0, 0.1) is 5.82 Å². The van der Waals surface area contributed by atoms with Gasteiger partial charge >= 0.3 is 6.03 Å². The molecule has 0 aromatic heterocycles. The largest absolute Gasteiger partial charge is 0.377 e. The number of carbonyl (C=O) groups excluding carboxylic acids is 1. The Hall–Kier alpha value is -1.62. The van der Waals surface area contributed by atoms with E-state index in [0.29, 0.717) is 19.8 Å². The molecule has 2 bridgehead atoms. The van der Waals surface area contributed by atoms with Crippen LogP contribution in [0.15, 0.2) is 24.3 Å². The number of hydrogen-bond acceptors (Lipinski definition) is 2. The lowest BCUT2D eigenvalue weighted by Gasteiger charge is -2.34. The molecule has 0 radical (unpaired) electrons. The Morgan fingerprint density at radius 1 is 1.26 bits per heavy atom. The predicted octanol–water partition coefficient (Wildman–Crippen LogP) is 1.90. The topological polar surface area (TPSA) is 41.6 Å². The number of amides is 2. The summed E-state index contributed by atoms with van der Waals surface area (Å²) >= 11 is 0. The molecule has 1 aromatic carbocycles. The quantitative estimate of drug-likeness (QED) is 0.886. The van der Waals surface area contributed by atoms with Gasteiger partial charge in [-0.05, 0) is 30.5 Å². The van der Waals surface area contributed by atoms with Gasteiger partial charge in [0.25, 0.3) is 0 Å². The maximum absolute atomic E-state index is 12.8. The van der Waals surface area contributed by atoms with Crippen LogP contribution in [0.1, 0.15) is 18.4 Å². The van der Waals surface area contributed by atoms with Gasteiger partial charge in [-0.3, -0.25) is 0 Å². The minimum atomic E-state index is -0.263. The van der Waals surface area contributed by atoms with Crippen molar-refractivity contribution in [2.24, 2.45) is 0 Å². The molecular formula is C14H17FN2O2. The number of fused-ring (bicyclic) bond motifs is 2. The van der Waals surface area contributed by atoms with E-state index < -0.39 is 0 Å². The molecule has 2 aliphatic heterocycles. The molecule has 2 amide bonds. The maximum Gasteiger partial charge on any atom is 0.318 e. The molecule has 5 heteroatoms. The highest BCUT2D eigenvalue weighted by molar-refractivity contribution is 5.75. The molecule has 4 nitrogen and oxygen atoms in total. The van der Waals surface area contributed by atoms with Crippen molar-refractivity contribution in [2.75, 3.05) is 13.2 Å². The van der Waals surface area contributed by atoms with E-state index in [1.807, 2.05) is 4.90 Å². The molecule has 0 spiro atoms. The van der Waals surface area contributed by atoms with Gasteiger partial charge in [0, 0.05) is 6.54 Å². The van der Waals surface area contributed by atoms with Gasteiger partial charge in [0.15, 0.2) is 0 Å². The van der Waals surface area contributed by atoms with Crippen LogP contribution < -0.4 is 5.32 Å². The second kappa shape index (κ2) is 5.17. The van der Waals surface area contributed by atoms with E-state index in [4.69, 9.17) is 4.74 Å². The first-order valence-electron chi connectivity index (χ1n) is 6.62. The Bertz CT molecular complexity index is 447. The fraction of sp³-hybridized carbons (Fsp3) is 0.500. The summed E-state index contributed by atoms with van der Waals surface area (Å²) < 4.78 is 18.2. The SMILES string of the molecule is O=C(NCc1ccc(F)cc1)N1[C@@H]2CC[C@@H]1COC2. The number of nitrogens with one attached hydrogen (secondary N) is 1. The van der Waals surface area contributed by atoms with E-state index in [1.54, 1.807) is 12.1 Å². The third-order valence-corrected chi connectivity index (χ3v) is 3.83. The normalized spacial score (nSPS) is 25.4. The van der Waals surface area contributed by atoms with Crippen LogP contribution in [0.2, 0.25) is 0 Å². The summed E-state index contributed by atoms with van der Waals surface area (Å²) in [5.41, 5.74) is 0.898. The van der Waals surface area contributed by atoms with Gasteiger partial charge in [-0.1, -0.05) is 12.1 Å². The van der Waals surface area contributed by atoms with Crippen molar-refractivity contribution in [3.05, 3.63) is 35.6 Å². The summed E-state index contributed by atoms with van der Waals surface area (Å²) in [5, 5.41) is 2.90. The zero-order valence-electron chi connectivity index (χ0n) is 10.6. The Morgan fingerprint density at radius 3 is 2.53 bits per heavy atom. The fourth-order valence-corrected chi connectivity index (χ4v) is 2.83. The summed E-state index contributed by atoms with van der Waals surface area (Å²) in [4.78, 5) is 14.1. The Morgan fingerprint density at radius 2 is 1.89 bits per heavy atom. The number of hydrogen-bond donors (Lipinski definition) is 1. The monoisotopic (exact) mass is 264 g/mol. The second-order valence-corrected chi connectivity index (χ2v) is 5.11. The molecule has 2 saturated heterocycles. The van der Waals surface area contributed by atoms with Gasteiger partial charge in [0.1, 0.15) is 5.82 Å². The molecule has 0 aliphatic carbocycles. The Balaban J connectivity index is 1.58. The van der Waals surface area contributed by atoms with Crippen molar-refractivity contribution in [3.63, 3.8) is 0 Å². The molecule has 2 atom stereocenters. The lowest BCUT2D eigenvalue weighted by molar-refractivity contribution is 0.00631. The van der Waals surface area contributed by atoms with Crippen LogP contribution >= 0.6 is 0 Å². The minimum Gasteiger partial charge on any atom is -0.377 e. The molecule has 3 rings (SSSR count). The third kappa shape index (κ3) is 2.56. The van der Waals surface area contributed by atoms with Gasteiger partial charge in [-0.2, -0.15) is 0 Å². The van der Waals surface area contributed by atoms with Crippen LogP contribution in [0.4, 0.5) is 9.18 Å². The summed E-state index contributed by atoms with van der Waals surface area (Å²) in [6.07, 6.45) is 2.04. The summed E-state index contributed by atoms with van der Waals surface area (Å²) in [7, 11) is 0. The number of nitrogens with zero attached hydrogens (tertiary/aromatic N) is 1. The molecule has 1 N–H and O–H groups in total. The first-order chi connectivity index (χ1) is 9.24. The zero-order chi connectivity index (χ0) is 13.2. The lowest BCUT2D eigenvalue weighted by Crippen LogP contribution is -2.52. The van der Waals surface area contributed by atoms with Gasteiger partial charge < -0.3 is 15.0 Å². The van der Waals surface area contributed by atoms with Crippen LogP contribution in [-0.4, -0.2) is 36.2 Å². The number of halogens is 1. The van der Waals surface area contributed by atoms with Crippen molar-refractivity contribution in [2.45, 2.75) is 31.5 Å². The maximum atomic E-state index is 12.8. The average Bonchev–Trinajstić information content (AvgIpc) is 2.67. The highest BCUT2D eigenvalue weighted by Crippen LogP contribution is 2.28. The van der Waals surface area contributed by atoms with Crippen molar-refractivity contribution < 1.29 is 13.9 Å². The highest BCUT2D eigenvalue weighted by atomic mass is 19.1. The standard InChI is InChI=1S/C14H17FN2O2/c15-11-3-1-10(2-4-11)7-16-14(18)17-12-5-6-13(17)9-19-8-12/h1-4,12-13H,5-9H2,(H,16,18)/t12-,13-/m1/s1. The molecule has 0 saturated carbocycles. The van der Waals surface area contributed by atoms with E-state index in [9.17, 15) is 9.18 Å². The summed E-state index contributed by atoms with van der Waals surface area (Å²) in [6, 6.07) is 6.56. The lowest BCUT2D eigenvalue weighted by atomic mass is 10.2. The smallest absolute Gasteiger partial charge is 0.318 e. The van der Waals surface area contributed by atoms with Gasteiger partial charge in [-0.25, -0.2) is 9.18 Å². The van der Waals surface area contributed by atoms with Gasteiger partial charge in [0.05, 0.1) is 25.3 Å². The van der Waals surface area contributed by atoms with E-state index in [-0.39, 0.29) is 23.9 Å². The Kier molecular flexibility index (Phi) is 3.38. The number of ether oxygens (including phenoxy) is 1. The number of benzene rings is 1.